The molecule has 0 aliphatic heterocycles. The predicted molar refractivity (Wildman–Crippen MR) is 74.3 cm³/mol. The van der Waals surface area contributed by atoms with Crippen LogP contribution in [0.15, 0.2) is 11.6 Å². The second-order valence-electron chi connectivity index (χ2n) is 4.22. The van der Waals surface area contributed by atoms with Crippen LogP contribution in [0.5, 0.6) is 0 Å². The van der Waals surface area contributed by atoms with Crippen LogP contribution >= 0.6 is 11.8 Å². The number of hydrogen-bond donors (Lipinski definition) is 1. The molecule has 0 aliphatic rings. The number of ketones is 1. The summed E-state index contributed by atoms with van der Waals surface area (Å²) in [6.07, 6.45) is 0.643. The highest BCUT2D eigenvalue weighted by Gasteiger charge is 2.16. The minimum Gasteiger partial charge on any atom is -0.478 e. The first kappa shape index (κ1) is 18.4. The Morgan fingerprint density at radius 1 is 1.20 bits per heavy atom. The zero-order valence-electron chi connectivity index (χ0n) is 11.7. The Hall–Kier alpha value is -1.63. The van der Waals surface area contributed by atoms with Gasteiger partial charge >= 0.3 is 11.9 Å². The SMILES string of the molecule is CC(=O)CC(=O)OC(CC=C(C)C(=O)O)CSC(C)=O. The number of thioether (sulfide) groups is 1. The van der Waals surface area contributed by atoms with Gasteiger partial charge in [-0.1, -0.05) is 17.8 Å². The maximum atomic E-state index is 11.4. The molecular weight excluding hydrogens is 284 g/mol. The quantitative estimate of drug-likeness (QED) is 0.413. The highest BCUT2D eigenvalue weighted by Crippen LogP contribution is 2.13. The van der Waals surface area contributed by atoms with Crippen LogP contribution in [0.2, 0.25) is 0 Å². The topological polar surface area (TPSA) is 97.7 Å². The molecule has 0 radical (unpaired) electrons. The molecule has 20 heavy (non-hydrogen) atoms. The molecule has 0 rings (SSSR count). The van der Waals surface area contributed by atoms with Crippen molar-refractivity contribution in [1.82, 2.24) is 0 Å². The van der Waals surface area contributed by atoms with Crippen molar-refractivity contribution in [2.24, 2.45) is 0 Å². The molecule has 0 aromatic carbocycles. The van der Waals surface area contributed by atoms with Crippen LogP contribution in [0.25, 0.3) is 0 Å². The summed E-state index contributed by atoms with van der Waals surface area (Å²) < 4.78 is 5.07. The molecule has 1 N–H and O–H groups in total. The van der Waals surface area contributed by atoms with E-state index in [0.717, 1.165) is 11.8 Å². The van der Waals surface area contributed by atoms with Gasteiger partial charge in [0.15, 0.2) is 5.12 Å². The maximum absolute atomic E-state index is 11.4. The molecule has 0 amide bonds. The maximum Gasteiger partial charge on any atom is 0.330 e. The summed E-state index contributed by atoms with van der Waals surface area (Å²) in [7, 11) is 0. The zero-order chi connectivity index (χ0) is 15.7. The Morgan fingerprint density at radius 2 is 1.80 bits per heavy atom. The number of carboxylic acids is 1. The fraction of sp³-hybridized carbons (Fsp3) is 0.538. The van der Waals surface area contributed by atoms with Crippen molar-refractivity contribution in [3.63, 3.8) is 0 Å². The highest BCUT2D eigenvalue weighted by atomic mass is 32.2. The molecule has 0 aliphatic carbocycles. The predicted octanol–water partition coefficient (Wildman–Crippen LogP) is 1.58. The average molecular weight is 302 g/mol. The second kappa shape index (κ2) is 9.30. The first-order valence-electron chi connectivity index (χ1n) is 5.94. The molecule has 6 nitrogen and oxygen atoms in total. The van der Waals surface area contributed by atoms with Crippen molar-refractivity contribution in [2.45, 2.75) is 39.7 Å². The first-order chi connectivity index (χ1) is 9.22. The number of Topliss-reactive ketones (excluding diaryl/α,β-unsaturated/α-hetero) is 1. The molecule has 112 valence electrons. The van der Waals surface area contributed by atoms with E-state index >= 15 is 0 Å². The van der Waals surface area contributed by atoms with Gasteiger partial charge in [-0.2, -0.15) is 0 Å². The van der Waals surface area contributed by atoms with E-state index in [0.29, 0.717) is 0 Å². The van der Waals surface area contributed by atoms with Gasteiger partial charge in [0, 0.05) is 24.7 Å². The number of carboxylic acid groups (broad SMARTS) is 1. The number of carbonyl (C=O) groups excluding carboxylic acids is 3. The van der Waals surface area contributed by atoms with Gasteiger partial charge in [-0.05, 0) is 13.8 Å². The molecule has 0 fully saturated rings. The molecule has 0 spiro atoms. The van der Waals surface area contributed by atoms with Gasteiger partial charge in [-0.3, -0.25) is 14.4 Å². The summed E-state index contributed by atoms with van der Waals surface area (Å²) in [5, 5.41) is 8.61. The Kier molecular flexibility index (Phi) is 8.54. The molecule has 0 heterocycles. The van der Waals surface area contributed by atoms with E-state index in [2.05, 4.69) is 0 Å². The Balaban J connectivity index is 4.59. The minimum atomic E-state index is -1.06. The van der Waals surface area contributed by atoms with Crippen molar-refractivity contribution in [1.29, 1.82) is 0 Å². The van der Waals surface area contributed by atoms with Crippen molar-refractivity contribution < 1.29 is 29.0 Å². The molecule has 0 aromatic heterocycles. The Labute approximate surface area is 121 Å². The van der Waals surface area contributed by atoms with Crippen molar-refractivity contribution in [2.75, 3.05) is 5.75 Å². The lowest BCUT2D eigenvalue weighted by molar-refractivity contribution is -0.149. The van der Waals surface area contributed by atoms with Crippen LogP contribution in [0.4, 0.5) is 0 Å². The summed E-state index contributed by atoms with van der Waals surface area (Å²) in [4.78, 5) is 43.8. The van der Waals surface area contributed by atoms with E-state index in [9.17, 15) is 19.2 Å². The first-order valence-corrected chi connectivity index (χ1v) is 6.93. The van der Waals surface area contributed by atoms with Crippen LogP contribution < -0.4 is 0 Å². The average Bonchev–Trinajstić information content (AvgIpc) is 2.30. The lowest BCUT2D eigenvalue weighted by atomic mass is 10.2. The van der Waals surface area contributed by atoms with Gasteiger partial charge < -0.3 is 9.84 Å². The van der Waals surface area contributed by atoms with E-state index in [-0.39, 0.29) is 35.1 Å². The van der Waals surface area contributed by atoms with Gasteiger partial charge in [0.1, 0.15) is 18.3 Å². The fourth-order valence-corrected chi connectivity index (χ4v) is 1.81. The summed E-state index contributed by atoms with van der Waals surface area (Å²) >= 11 is 0.983. The van der Waals surface area contributed by atoms with Gasteiger partial charge in [-0.15, -0.1) is 0 Å². The van der Waals surface area contributed by atoms with Crippen LogP contribution in [-0.4, -0.2) is 39.8 Å². The van der Waals surface area contributed by atoms with E-state index in [1.807, 2.05) is 0 Å². The van der Waals surface area contributed by atoms with E-state index in [1.165, 1.54) is 26.8 Å². The number of aliphatic carboxylic acids is 1. The Morgan fingerprint density at radius 3 is 2.25 bits per heavy atom. The second-order valence-corrected chi connectivity index (χ2v) is 5.42. The van der Waals surface area contributed by atoms with Crippen molar-refractivity contribution in [3.05, 3.63) is 11.6 Å². The number of rotatable bonds is 8. The van der Waals surface area contributed by atoms with Crippen LogP contribution in [-0.2, 0) is 23.9 Å². The Bertz CT molecular complexity index is 427. The van der Waals surface area contributed by atoms with Gasteiger partial charge in [0.05, 0.1) is 0 Å². The van der Waals surface area contributed by atoms with Crippen molar-refractivity contribution >= 4 is 34.6 Å². The number of carbonyl (C=O) groups is 4. The lowest BCUT2D eigenvalue weighted by Crippen LogP contribution is -2.22. The normalized spacial score (nSPS) is 12.7. The molecule has 7 heteroatoms. The molecule has 0 bridgehead atoms. The highest BCUT2D eigenvalue weighted by molar-refractivity contribution is 8.13. The van der Waals surface area contributed by atoms with Gasteiger partial charge in [0.2, 0.25) is 0 Å². The van der Waals surface area contributed by atoms with Gasteiger partial charge in [-0.25, -0.2) is 4.79 Å². The zero-order valence-corrected chi connectivity index (χ0v) is 12.5. The van der Waals surface area contributed by atoms with Crippen LogP contribution in [0.1, 0.15) is 33.6 Å². The molecule has 0 aromatic rings. The summed E-state index contributed by atoms with van der Waals surface area (Å²) in [5.41, 5.74) is 0.130. The smallest absolute Gasteiger partial charge is 0.330 e. The monoisotopic (exact) mass is 302 g/mol. The van der Waals surface area contributed by atoms with Gasteiger partial charge in [0.25, 0.3) is 0 Å². The number of ether oxygens (including phenoxy) is 1. The standard InChI is InChI=1S/C13H18O6S/c1-8(13(17)18)4-5-11(7-20-10(3)15)19-12(16)6-9(2)14/h4,11H,5-7H2,1-3H3,(H,17,18). The summed E-state index contributed by atoms with van der Waals surface area (Å²) in [6, 6.07) is 0. The molecule has 0 saturated carbocycles. The molecular formula is C13H18O6S. The fourth-order valence-electron chi connectivity index (χ4n) is 1.19. The summed E-state index contributed by atoms with van der Waals surface area (Å²) in [6.45, 7) is 4.08. The van der Waals surface area contributed by atoms with E-state index in [1.54, 1.807) is 0 Å². The third-order valence-electron chi connectivity index (χ3n) is 2.19. The molecule has 0 saturated heterocycles. The molecule has 1 atom stereocenters. The minimum absolute atomic E-state index is 0.128. The van der Waals surface area contributed by atoms with E-state index < -0.39 is 18.0 Å². The largest absolute Gasteiger partial charge is 0.478 e. The van der Waals surface area contributed by atoms with Crippen LogP contribution in [0.3, 0.4) is 0 Å². The van der Waals surface area contributed by atoms with Crippen molar-refractivity contribution in [3.8, 4) is 0 Å². The van der Waals surface area contributed by atoms with E-state index in [4.69, 9.17) is 9.84 Å². The third kappa shape index (κ3) is 9.32. The third-order valence-corrected chi connectivity index (χ3v) is 3.13. The van der Waals surface area contributed by atoms with Crippen LogP contribution in [0, 0.1) is 0 Å². The summed E-state index contributed by atoms with van der Waals surface area (Å²) in [5.74, 6) is -1.82. The number of hydrogen-bond acceptors (Lipinski definition) is 6. The molecule has 1 unspecified atom stereocenters. The lowest BCUT2D eigenvalue weighted by Gasteiger charge is -2.15. The number of esters is 1.